The second-order valence-corrected chi connectivity index (χ2v) is 7.60. The van der Waals surface area contributed by atoms with Crippen molar-refractivity contribution in [3.8, 4) is 11.5 Å². The van der Waals surface area contributed by atoms with Gasteiger partial charge in [0.15, 0.2) is 23.9 Å². The molecule has 1 aromatic heterocycles. The van der Waals surface area contributed by atoms with E-state index in [2.05, 4.69) is 10.5 Å². The molecule has 3 aromatic carbocycles. The SMILES string of the molecule is O=C(C[n+]1ccccc1)N/N=C/c1ccc(OCc2ccccc2)c(OCc2ccccc2)c1.[Cl-]. The Morgan fingerprint density at radius 1 is 0.771 bits per heavy atom. The van der Waals surface area contributed by atoms with Crippen molar-refractivity contribution in [2.45, 2.75) is 19.8 Å². The first-order chi connectivity index (χ1) is 16.8. The van der Waals surface area contributed by atoms with Gasteiger partial charge in [-0.1, -0.05) is 66.7 Å². The summed E-state index contributed by atoms with van der Waals surface area (Å²) in [5.74, 6) is 1.03. The third-order valence-corrected chi connectivity index (χ3v) is 4.95. The number of ether oxygens (including phenoxy) is 2. The van der Waals surface area contributed by atoms with Crippen LogP contribution < -0.4 is 31.9 Å². The van der Waals surface area contributed by atoms with Gasteiger partial charge < -0.3 is 21.9 Å². The summed E-state index contributed by atoms with van der Waals surface area (Å²) in [5.41, 5.74) is 5.46. The van der Waals surface area contributed by atoms with Gasteiger partial charge in [-0.25, -0.2) is 5.43 Å². The quantitative estimate of drug-likeness (QED) is 0.208. The number of pyridine rings is 1. The first-order valence-electron chi connectivity index (χ1n) is 11.0. The fourth-order valence-corrected chi connectivity index (χ4v) is 3.23. The van der Waals surface area contributed by atoms with Gasteiger partial charge in [-0.3, -0.25) is 4.79 Å². The van der Waals surface area contributed by atoms with E-state index in [1.165, 1.54) is 0 Å². The van der Waals surface area contributed by atoms with Crippen LogP contribution in [-0.2, 0) is 24.6 Å². The number of halogens is 1. The Labute approximate surface area is 211 Å². The van der Waals surface area contributed by atoms with E-state index in [1.54, 1.807) is 10.8 Å². The Morgan fingerprint density at radius 2 is 1.34 bits per heavy atom. The minimum absolute atomic E-state index is 0. The van der Waals surface area contributed by atoms with E-state index in [0.717, 1.165) is 16.7 Å². The zero-order chi connectivity index (χ0) is 23.4. The summed E-state index contributed by atoms with van der Waals surface area (Å²) >= 11 is 0. The first-order valence-corrected chi connectivity index (χ1v) is 11.0. The van der Waals surface area contributed by atoms with Crippen molar-refractivity contribution in [1.82, 2.24) is 5.43 Å². The summed E-state index contributed by atoms with van der Waals surface area (Å²) in [6.07, 6.45) is 5.24. The summed E-state index contributed by atoms with van der Waals surface area (Å²) in [6.45, 7) is 1.03. The van der Waals surface area contributed by atoms with Crippen LogP contribution in [0.15, 0.2) is 115 Å². The molecule has 0 aliphatic carbocycles. The number of aromatic nitrogens is 1. The molecule has 0 aliphatic heterocycles. The van der Waals surface area contributed by atoms with E-state index in [1.807, 2.05) is 109 Å². The maximum atomic E-state index is 12.1. The molecule has 6 nitrogen and oxygen atoms in total. The van der Waals surface area contributed by atoms with Crippen LogP contribution in [0.1, 0.15) is 16.7 Å². The molecule has 1 amide bonds. The van der Waals surface area contributed by atoms with Gasteiger partial charge in [0.25, 0.3) is 0 Å². The third-order valence-electron chi connectivity index (χ3n) is 4.95. The smallest absolute Gasteiger partial charge is 0.305 e. The number of benzene rings is 3. The Balaban J connectivity index is 0.00000342. The monoisotopic (exact) mass is 487 g/mol. The number of rotatable bonds is 10. The molecule has 0 spiro atoms. The molecule has 0 saturated carbocycles. The molecule has 4 aromatic rings. The second-order valence-electron chi connectivity index (χ2n) is 7.60. The van der Waals surface area contributed by atoms with E-state index in [-0.39, 0.29) is 24.9 Å². The predicted molar refractivity (Wildman–Crippen MR) is 130 cm³/mol. The largest absolute Gasteiger partial charge is 1.00 e. The highest BCUT2D eigenvalue weighted by Gasteiger charge is 2.09. The molecular weight excluding hydrogens is 462 g/mol. The number of hydrogen-bond acceptors (Lipinski definition) is 4. The average molecular weight is 488 g/mol. The highest BCUT2D eigenvalue weighted by atomic mass is 35.5. The Kier molecular flexibility index (Phi) is 9.84. The lowest BCUT2D eigenvalue weighted by Gasteiger charge is -2.14. The molecule has 0 aliphatic rings. The number of hydrogen-bond donors (Lipinski definition) is 1. The lowest BCUT2D eigenvalue weighted by atomic mass is 10.2. The van der Waals surface area contributed by atoms with Gasteiger partial charge in [0.1, 0.15) is 13.2 Å². The number of hydrazone groups is 1. The van der Waals surface area contributed by atoms with Crippen molar-refractivity contribution in [2.75, 3.05) is 0 Å². The minimum Gasteiger partial charge on any atom is -1.00 e. The molecular formula is C28H26ClN3O3. The normalized spacial score (nSPS) is 10.4. The van der Waals surface area contributed by atoms with E-state index < -0.39 is 0 Å². The zero-order valence-electron chi connectivity index (χ0n) is 19.1. The highest BCUT2D eigenvalue weighted by Crippen LogP contribution is 2.29. The molecule has 0 bridgehead atoms. The van der Waals surface area contributed by atoms with Crippen LogP contribution in [-0.4, -0.2) is 12.1 Å². The van der Waals surface area contributed by atoms with E-state index in [9.17, 15) is 4.79 Å². The molecule has 0 fully saturated rings. The first kappa shape index (κ1) is 25.5. The number of carbonyl (C=O) groups is 1. The van der Waals surface area contributed by atoms with Gasteiger partial charge in [-0.2, -0.15) is 9.67 Å². The summed E-state index contributed by atoms with van der Waals surface area (Å²) in [6, 6.07) is 31.1. The molecule has 0 atom stereocenters. The number of carbonyl (C=O) groups excluding carboxylic acids is 1. The van der Waals surface area contributed by atoms with Crippen molar-refractivity contribution in [2.24, 2.45) is 5.10 Å². The van der Waals surface area contributed by atoms with Crippen molar-refractivity contribution >= 4 is 12.1 Å². The molecule has 35 heavy (non-hydrogen) atoms. The van der Waals surface area contributed by atoms with Crippen molar-refractivity contribution in [3.63, 3.8) is 0 Å². The number of nitrogens with zero attached hydrogens (tertiary/aromatic N) is 2. The summed E-state index contributed by atoms with van der Waals surface area (Å²) in [5, 5.41) is 4.09. The van der Waals surface area contributed by atoms with Crippen LogP contribution in [0.25, 0.3) is 0 Å². The molecule has 0 radical (unpaired) electrons. The average Bonchev–Trinajstić information content (AvgIpc) is 2.88. The van der Waals surface area contributed by atoms with E-state index >= 15 is 0 Å². The second kappa shape index (κ2) is 13.5. The van der Waals surface area contributed by atoms with Gasteiger partial charge in [-0.05, 0) is 34.9 Å². The topological polar surface area (TPSA) is 63.8 Å². The van der Waals surface area contributed by atoms with E-state index in [0.29, 0.717) is 24.7 Å². The summed E-state index contributed by atoms with van der Waals surface area (Å²) in [4.78, 5) is 12.1. The van der Waals surface area contributed by atoms with Gasteiger partial charge in [0, 0.05) is 12.1 Å². The van der Waals surface area contributed by atoms with Crippen LogP contribution >= 0.6 is 0 Å². The Bertz CT molecular complexity index is 1220. The van der Waals surface area contributed by atoms with Crippen molar-refractivity contribution < 1.29 is 31.2 Å². The third kappa shape index (κ3) is 8.28. The predicted octanol–water partition coefficient (Wildman–Crippen LogP) is 1.29. The highest BCUT2D eigenvalue weighted by molar-refractivity contribution is 5.83. The van der Waals surface area contributed by atoms with Crippen LogP contribution in [0.5, 0.6) is 11.5 Å². The lowest BCUT2D eigenvalue weighted by molar-refractivity contribution is -0.684. The summed E-state index contributed by atoms with van der Waals surface area (Å²) < 4.78 is 13.9. The molecule has 7 heteroatoms. The minimum atomic E-state index is -0.212. The van der Waals surface area contributed by atoms with Crippen molar-refractivity contribution in [3.05, 3.63) is 126 Å². The maximum Gasteiger partial charge on any atom is 0.305 e. The maximum absolute atomic E-state index is 12.1. The molecule has 0 unspecified atom stereocenters. The van der Waals surface area contributed by atoms with Gasteiger partial charge in [0.2, 0.25) is 6.54 Å². The number of nitrogens with one attached hydrogen (secondary N) is 1. The van der Waals surface area contributed by atoms with Crippen LogP contribution in [0.4, 0.5) is 0 Å². The molecule has 1 heterocycles. The zero-order valence-corrected chi connectivity index (χ0v) is 19.8. The standard InChI is InChI=1S/C28H25N3O3.ClH/c32-28(20-31-16-8-3-9-17-31)30-29-19-25-14-15-26(33-21-23-10-4-1-5-11-23)27(18-25)34-22-24-12-6-2-7-13-24;/h1-19H,20-22H2;1H/b29-19+;. The molecule has 178 valence electrons. The van der Waals surface area contributed by atoms with Crippen molar-refractivity contribution in [1.29, 1.82) is 0 Å². The Morgan fingerprint density at radius 3 is 1.97 bits per heavy atom. The molecule has 0 saturated heterocycles. The number of amides is 1. The van der Waals surface area contributed by atoms with Gasteiger partial charge >= 0.3 is 5.91 Å². The molecule has 1 N–H and O–H groups in total. The van der Waals surface area contributed by atoms with Crippen LogP contribution in [0.3, 0.4) is 0 Å². The Hall–Kier alpha value is -4.16. The van der Waals surface area contributed by atoms with Gasteiger partial charge in [0.05, 0.1) is 6.21 Å². The fraction of sp³-hybridized carbons (Fsp3) is 0.107. The van der Waals surface area contributed by atoms with E-state index in [4.69, 9.17) is 9.47 Å². The van der Waals surface area contributed by atoms with Crippen LogP contribution in [0, 0.1) is 0 Å². The summed E-state index contributed by atoms with van der Waals surface area (Å²) in [7, 11) is 0. The molecule has 4 rings (SSSR count). The lowest BCUT2D eigenvalue weighted by Crippen LogP contribution is -3.00. The van der Waals surface area contributed by atoms with Crippen LogP contribution in [0.2, 0.25) is 0 Å². The fourth-order valence-electron chi connectivity index (χ4n) is 3.23. The van der Waals surface area contributed by atoms with Gasteiger partial charge in [-0.15, -0.1) is 0 Å².